The number of likely N-dealkylation sites (tertiary alicyclic amines) is 1. The average molecular weight is 304 g/mol. The van der Waals surface area contributed by atoms with Gasteiger partial charge in [0, 0.05) is 18.0 Å². The average Bonchev–Trinajstić information content (AvgIpc) is 3.04. The van der Waals surface area contributed by atoms with Crippen molar-refractivity contribution in [2.75, 3.05) is 13.1 Å². The topological polar surface area (TPSA) is 51.0 Å². The molecule has 21 heavy (non-hydrogen) atoms. The fourth-order valence-electron chi connectivity index (χ4n) is 2.93. The van der Waals surface area contributed by atoms with Gasteiger partial charge in [-0.15, -0.1) is 11.3 Å². The van der Waals surface area contributed by atoms with Gasteiger partial charge in [-0.05, 0) is 45.7 Å². The largest absolute Gasteiger partial charge is 0.336 e. The summed E-state index contributed by atoms with van der Waals surface area (Å²) in [6.45, 7) is 7.47. The highest BCUT2D eigenvalue weighted by Crippen LogP contribution is 2.25. The summed E-state index contributed by atoms with van der Waals surface area (Å²) in [6.07, 6.45) is 2.07. The van der Waals surface area contributed by atoms with E-state index >= 15 is 0 Å². The molecule has 1 saturated heterocycles. The van der Waals surface area contributed by atoms with E-state index in [0.717, 1.165) is 42.5 Å². The van der Waals surface area contributed by atoms with E-state index in [2.05, 4.69) is 10.1 Å². The summed E-state index contributed by atoms with van der Waals surface area (Å²) in [6, 6.07) is 4.17. The van der Waals surface area contributed by atoms with Crippen LogP contribution in [-0.4, -0.2) is 38.7 Å². The lowest BCUT2D eigenvalue weighted by Gasteiger charge is -2.32. The molecule has 1 amide bonds. The monoisotopic (exact) mass is 304 g/mol. The number of hydrogen-bond acceptors (Lipinski definition) is 4. The molecule has 0 spiro atoms. The predicted octanol–water partition coefficient (Wildman–Crippen LogP) is 2.74. The van der Waals surface area contributed by atoms with Crippen LogP contribution in [0.2, 0.25) is 0 Å². The number of aryl methyl sites for hydroxylation is 3. The van der Waals surface area contributed by atoms with Crippen LogP contribution in [0.3, 0.4) is 0 Å². The minimum Gasteiger partial charge on any atom is -0.336 e. The van der Waals surface area contributed by atoms with Gasteiger partial charge in [-0.2, -0.15) is 5.10 Å². The van der Waals surface area contributed by atoms with Crippen molar-refractivity contribution in [3.8, 4) is 0 Å². The molecule has 3 rings (SSSR count). The highest BCUT2D eigenvalue weighted by atomic mass is 32.1. The molecule has 1 unspecified atom stereocenters. The van der Waals surface area contributed by atoms with Crippen LogP contribution in [0, 0.1) is 20.8 Å². The number of rotatable bonds is 2. The van der Waals surface area contributed by atoms with Crippen molar-refractivity contribution in [3.05, 3.63) is 33.5 Å². The molecule has 5 nitrogen and oxygen atoms in total. The molecule has 0 N–H and O–H groups in total. The number of nitrogens with zero attached hydrogens (tertiary/aromatic N) is 4. The third-order valence-electron chi connectivity index (χ3n) is 3.89. The van der Waals surface area contributed by atoms with Gasteiger partial charge in [-0.1, -0.05) is 0 Å². The minimum atomic E-state index is 0.146. The summed E-state index contributed by atoms with van der Waals surface area (Å²) in [4.78, 5) is 20.9. The maximum atomic E-state index is 12.6. The Hall–Kier alpha value is -1.69. The third kappa shape index (κ3) is 2.85. The first-order valence-electron chi connectivity index (χ1n) is 7.30. The predicted molar refractivity (Wildman–Crippen MR) is 82.7 cm³/mol. The SMILES string of the molecule is Cc1nc(C)n(C2CCCN(C(=O)c3ccc(C)s3)C2)n1. The molecule has 6 heteroatoms. The molecule has 0 aromatic carbocycles. The lowest BCUT2D eigenvalue weighted by molar-refractivity contribution is 0.0676. The summed E-state index contributed by atoms with van der Waals surface area (Å²) in [5.74, 6) is 1.87. The van der Waals surface area contributed by atoms with E-state index in [1.807, 2.05) is 42.5 Å². The Morgan fingerprint density at radius 2 is 2.14 bits per heavy atom. The van der Waals surface area contributed by atoms with Gasteiger partial charge in [-0.3, -0.25) is 4.79 Å². The maximum absolute atomic E-state index is 12.6. The number of piperidine rings is 1. The van der Waals surface area contributed by atoms with E-state index < -0.39 is 0 Å². The first-order chi connectivity index (χ1) is 10.0. The lowest BCUT2D eigenvalue weighted by atomic mass is 10.1. The van der Waals surface area contributed by atoms with Crippen LogP contribution >= 0.6 is 11.3 Å². The van der Waals surface area contributed by atoms with Gasteiger partial charge in [0.1, 0.15) is 11.6 Å². The zero-order valence-electron chi connectivity index (χ0n) is 12.7. The number of carbonyl (C=O) groups is 1. The molecule has 1 fully saturated rings. The second kappa shape index (κ2) is 5.60. The Bertz CT molecular complexity index is 660. The molecule has 1 aliphatic rings. The Morgan fingerprint density at radius 1 is 1.33 bits per heavy atom. The van der Waals surface area contributed by atoms with Crippen molar-refractivity contribution >= 4 is 17.2 Å². The molecule has 2 aromatic rings. The molecule has 0 bridgehead atoms. The molecule has 0 saturated carbocycles. The Balaban J connectivity index is 1.77. The van der Waals surface area contributed by atoms with Crippen molar-refractivity contribution in [1.29, 1.82) is 0 Å². The summed E-state index contributed by atoms with van der Waals surface area (Å²) in [5.41, 5.74) is 0. The fraction of sp³-hybridized carbons (Fsp3) is 0.533. The van der Waals surface area contributed by atoms with Crippen molar-refractivity contribution in [2.45, 2.75) is 39.7 Å². The molecule has 3 heterocycles. The van der Waals surface area contributed by atoms with Crippen LogP contribution in [0.5, 0.6) is 0 Å². The Kier molecular flexibility index (Phi) is 3.80. The molecular formula is C15H20N4OS. The van der Waals surface area contributed by atoms with Gasteiger partial charge < -0.3 is 4.90 Å². The maximum Gasteiger partial charge on any atom is 0.263 e. The Morgan fingerprint density at radius 3 is 2.76 bits per heavy atom. The Labute approximate surface area is 128 Å². The second-order valence-corrected chi connectivity index (χ2v) is 6.90. The van der Waals surface area contributed by atoms with Crippen LogP contribution in [0.1, 0.15) is 45.1 Å². The van der Waals surface area contributed by atoms with Gasteiger partial charge in [0.25, 0.3) is 5.91 Å². The van der Waals surface area contributed by atoms with Crippen molar-refractivity contribution in [1.82, 2.24) is 19.7 Å². The molecule has 0 radical (unpaired) electrons. The van der Waals surface area contributed by atoms with E-state index in [0.29, 0.717) is 0 Å². The number of amides is 1. The quantitative estimate of drug-likeness (QED) is 0.857. The molecule has 0 aliphatic carbocycles. The van der Waals surface area contributed by atoms with Crippen molar-refractivity contribution < 1.29 is 4.79 Å². The summed E-state index contributed by atoms with van der Waals surface area (Å²) < 4.78 is 1.98. The second-order valence-electron chi connectivity index (χ2n) is 5.61. The summed E-state index contributed by atoms with van der Waals surface area (Å²) in [7, 11) is 0. The van der Waals surface area contributed by atoms with Crippen LogP contribution in [-0.2, 0) is 0 Å². The normalized spacial score (nSPS) is 19.0. The van der Waals surface area contributed by atoms with Gasteiger partial charge in [-0.25, -0.2) is 9.67 Å². The number of hydrogen-bond donors (Lipinski definition) is 0. The van der Waals surface area contributed by atoms with Crippen LogP contribution in [0.25, 0.3) is 0 Å². The highest BCUT2D eigenvalue weighted by molar-refractivity contribution is 7.13. The van der Waals surface area contributed by atoms with Crippen LogP contribution < -0.4 is 0 Å². The lowest BCUT2D eigenvalue weighted by Crippen LogP contribution is -2.40. The van der Waals surface area contributed by atoms with Gasteiger partial charge in [0.05, 0.1) is 10.9 Å². The zero-order valence-corrected chi connectivity index (χ0v) is 13.5. The van der Waals surface area contributed by atoms with E-state index in [-0.39, 0.29) is 11.9 Å². The van der Waals surface area contributed by atoms with Crippen molar-refractivity contribution in [3.63, 3.8) is 0 Å². The fourth-order valence-corrected chi connectivity index (χ4v) is 3.76. The van der Waals surface area contributed by atoms with Crippen LogP contribution in [0.4, 0.5) is 0 Å². The standard InChI is InChI=1S/C15H20N4OS/c1-10-6-7-14(21-10)15(20)18-8-4-5-13(9-18)19-12(3)16-11(2)17-19/h6-7,13H,4-5,8-9H2,1-3H3. The number of thiophene rings is 1. The van der Waals surface area contributed by atoms with Gasteiger partial charge in [0.2, 0.25) is 0 Å². The van der Waals surface area contributed by atoms with Crippen LogP contribution in [0.15, 0.2) is 12.1 Å². The molecule has 112 valence electrons. The molecule has 1 aliphatic heterocycles. The first-order valence-corrected chi connectivity index (χ1v) is 8.11. The van der Waals surface area contributed by atoms with Gasteiger partial charge >= 0.3 is 0 Å². The third-order valence-corrected chi connectivity index (χ3v) is 4.88. The first kappa shape index (κ1) is 14.3. The summed E-state index contributed by atoms with van der Waals surface area (Å²) >= 11 is 1.57. The zero-order chi connectivity index (χ0) is 15.0. The molecular weight excluding hydrogens is 284 g/mol. The summed E-state index contributed by atoms with van der Waals surface area (Å²) in [5, 5.41) is 4.47. The smallest absolute Gasteiger partial charge is 0.263 e. The van der Waals surface area contributed by atoms with E-state index in [1.54, 1.807) is 11.3 Å². The van der Waals surface area contributed by atoms with E-state index in [1.165, 1.54) is 4.88 Å². The molecule has 2 aromatic heterocycles. The van der Waals surface area contributed by atoms with E-state index in [4.69, 9.17) is 0 Å². The highest BCUT2D eigenvalue weighted by Gasteiger charge is 2.27. The van der Waals surface area contributed by atoms with Gasteiger partial charge in [0.15, 0.2) is 0 Å². The molecule has 1 atom stereocenters. The van der Waals surface area contributed by atoms with E-state index in [9.17, 15) is 4.79 Å². The van der Waals surface area contributed by atoms with Crippen molar-refractivity contribution in [2.24, 2.45) is 0 Å². The minimum absolute atomic E-state index is 0.146. The number of carbonyl (C=O) groups excluding carboxylic acids is 1. The number of aromatic nitrogens is 3.